The lowest BCUT2D eigenvalue weighted by atomic mass is 9.92. The third-order valence-corrected chi connectivity index (χ3v) is 6.67. The number of benzene rings is 1. The highest BCUT2D eigenvalue weighted by atomic mass is 19.1. The van der Waals surface area contributed by atoms with Crippen LogP contribution >= 0.6 is 0 Å². The Labute approximate surface area is 215 Å². The van der Waals surface area contributed by atoms with Crippen molar-refractivity contribution in [1.82, 2.24) is 15.3 Å². The van der Waals surface area contributed by atoms with E-state index in [1.165, 1.54) is 6.08 Å². The zero-order chi connectivity index (χ0) is 26.2. The number of nitrogens with zero attached hydrogens (tertiary/aromatic N) is 2. The van der Waals surface area contributed by atoms with Crippen LogP contribution < -0.4 is 10.1 Å². The van der Waals surface area contributed by atoms with Gasteiger partial charge in [-0.1, -0.05) is 12.2 Å². The van der Waals surface area contributed by atoms with E-state index in [9.17, 15) is 19.0 Å². The summed E-state index contributed by atoms with van der Waals surface area (Å²) in [5.41, 5.74) is 2.87. The molecule has 0 saturated carbocycles. The fourth-order valence-corrected chi connectivity index (χ4v) is 4.71. The number of methoxy groups -OCH3 is 1. The second-order valence-electron chi connectivity index (χ2n) is 9.26. The van der Waals surface area contributed by atoms with Crippen LogP contribution in [-0.2, 0) is 11.2 Å². The van der Waals surface area contributed by atoms with Crippen LogP contribution in [0, 0.1) is 11.6 Å². The molecule has 198 valence electrons. The van der Waals surface area contributed by atoms with Crippen molar-refractivity contribution in [3.05, 3.63) is 71.4 Å². The van der Waals surface area contributed by atoms with Crippen molar-refractivity contribution in [3.8, 4) is 5.88 Å². The van der Waals surface area contributed by atoms with Crippen LogP contribution in [0.4, 0.5) is 8.78 Å². The van der Waals surface area contributed by atoms with Gasteiger partial charge in [-0.25, -0.2) is 13.8 Å². The molecule has 4 atom stereocenters. The maximum Gasteiger partial charge on any atom is 0.213 e. The lowest BCUT2D eigenvalue weighted by molar-refractivity contribution is -0.0917. The van der Waals surface area contributed by atoms with Crippen molar-refractivity contribution >= 4 is 17.1 Å². The topological polar surface area (TPSA) is 96.7 Å². The highest BCUT2D eigenvalue weighted by molar-refractivity contribution is 5.78. The van der Waals surface area contributed by atoms with Crippen LogP contribution in [0.3, 0.4) is 0 Å². The second kappa shape index (κ2) is 13.0. The molecule has 1 fully saturated rings. The number of aromatic nitrogens is 2. The van der Waals surface area contributed by atoms with Gasteiger partial charge in [-0.2, -0.15) is 0 Å². The molecule has 1 aliphatic rings. The summed E-state index contributed by atoms with van der Waals surface area (Å²) in [4.78, 5) is 8.95. The van der Waals surface area contributed by atoms with Crippen LogP contribution in [0.2, 0.25) is 0 Å². The second-order valence-corrected chi connectivity index (χ2v) is 9.26. The fourth-order valence-electron chi connectivity index (χ4n) is 4.71. The van der Waals surface area contributed by atoms with E-state index >= 15 is 0 Å². The molecular formula is C28H33F2N3O4. The fraction of sp³-hybridized carbons (Fsp3) is 0.429. The van der Waals surface area contributed by atoms with Crippen LogP contribution in [-0.4, -0.2) is 64.8 Å². The van der Waals surface area contributed by atoms with Crippen LogP contribution in [0.25, 0.3) is 17.1 Å². The van der Waals surface area contributed by atoms with Gasteiger partial charge in [0, 0.05) is 36.8 Å². The number of aliphatic hydroxyl groups excluding tert-OH is 2. The van der Waals surface area contributed by atoms with Gasteiger partial charge in [0.25, 0.3) is 0 Å². The summed E-state index contributed by atoms with van der Waals surface area (Å²) in [7, 11) is 1.58. The van der Waals surface area contributed by atoms with Gasteiger partial charge < -0.3 is 25.0 Å². The van der Waals surface area contributed by atoms with Gasteiger partial charge in [-0.15, -0.1) is 0 Å². The summed E-state index contributed by atoms with van der Waals surface area (Å²) in [5, 5.41) is 22.8. The van der Waals surface area contributed by atoms with E-state index in [4.69, 9.17) is 9.47 Å². The number of hydrogen-bond acceptors (Lipinski definition) is 7. The van der Waals surface area contributed by atoms with Crippen molar-refractivity contribution in [2.24, 2.45) is 0 Å². The Hall–Kier alpha value is -2.98. The molecule has 2 aromatic heterocycles. The van der Waals surface area contributed by atoms with E-state index in [1.54, 1.807) is 25.4 Å². The molecule has 3 N–H and O–H groups in total. The molecule has 0 radical (unpaired) electrons. The van der Waals surface area contributed by atoms with E-state index in [-0.39, 0.29) is 30.4 Å². The van der Waals surface area contributed by atoms with E-state index in [0.717, 1.165) is 60.5 Å². The molecule has 1 unspecified atom stereocenters. The summed E-state index contributed by atoms with van der Waals surface area (Å²) in [6.07, 6.45) is 7.31. The molecule has 3 aromatic rings. The molecule has 3 heterocycles. The molecule has 9 heteroatoms. The summed E-state index contributed by atoms with van der Waals surface area (Å²) < 4.78 is 38.9. The Bertz CT molecular complexity index is 1210. The summed E-state index contributed by atoms with van der Waals surface area (Å²) in [5.74, 6) is -0.439. The van der Waals surface area contributed by atoms with Gasteiger partial charge in [-0.3, -0.25) is 4.98 Å². The Morgan fingerprint density at radius 2 is 2.08 bits per heavy atom. The molecule has 1 aromatic carbocycles. The smallest absolute Gasteiger partial charge is 0.213 e. The van der Waals surface area contributed by atoms with Crippen molar-refractivity contribution in [3.63, 3.8) is 0 Å². The van der Waals surface area contributed by atoms with E-state index < -0.39 is 17.7 Å². The Morgan fingerprint density at radius 3 is 2.89 bits per heavy atom. The van der Waals surface area contributed by atoms with Crippen LogP contribution in [0.15, 0.2) is 48.7 Å². The maximum absolute atomic E-state index is 13.8. The predicted octanol–water partition coefficient (Wildman–Crippen LogP) is 3.81. The third-order valence-electron chi connectivity index (χ3n) is 6.67. The van der Waals surface area contributed by atoms with Gasteiger partial charge in [0.1, 0.15) is 11.6 Å². The molecule has 37 heavy (non-hydrogen) atoms. The summed E-state index contributed by atoms with van der Waals surface area (Å²) in [6.45, 7) is 0.0867. The monoisotopic (exact) mass is 513 g/mol. The van der Waals surface area contributed by atoms with E-state index in [0.29, 0.717) is 18.8 Å². The molecule has 7 nitrogen and oxygen atoms in total. The molecule has 1 aliphatic heterocycles. The number of nitrogens with one attached hydrogen (secondary N) is 1. The summed E-state index contributed by atoms with van der Waals surface area (Å²) >= 11 is 0. The minimum Gasteiger partial charge on any atom is -0.481 e. The van der Waals surface area contributed by atoms with Gasteiger partial charge in [-0.05, 0) is 61.6 Å². The maximum atomic E-state index is 13.8. The number of fused-ring (bicyclic) bond motifs is 1. The quantitative estimate of drug-likeness (QED) is 0.359. The van der Waals surface area contributed by atoms with Gasteiger partial charge in [0.15, 0.2) is 0 Å². The normalized spacial score (nSPS) is 20.9. The number of hydrogen-bond donors (Lipinski definition) is 3. The van der Waals surface area contributed by atoms with Crippen molar-refractivity contribution in [2.45, 2.75) is 56.5 Å². The average Bonchev–Trinajstić information content (AvgIpc) is 2.92. The first-order valence-electron chi connectivity index (χ1n) is 12.5. The lowest BCUT2D eigenvalue weighted by Gasteiger charge is -2.38. The van der Waals surface area contributed by atoms with Crippen LogP contribution in [0.1, 0.15) is 36.8 Å². The standard InChI is InChI=1S/C28H33F2N3O4/c1-36-27-11-10-25-28(33-27)18(12-14-32-25)4-6-22-7-9-24(26(37-22)16-21(35)17-34)31-13-2-3-19-15-20(29)5-8-23(19)30/h2-3,5,8,10-12,14-15,21-22,24,26,31,34-35H,4,6-7,9,13,16-17H2,1H3/t21?,22-,24-,26-/m1/s1. The molecule has 0 bridgehead atoms. The van der Waals surface area contributed by atoms with Crippen LogP contribution in [0.5, 0.6) is 5.88 Å². The number of pyridine rings is 2. The molecule has 0 aliphatic carbocycles. The zero-order valence-electron chi connectivity index (χ0n) is 20.8. The molecule has 0 amide bonds. The summed E-state index contributed by atoms with van der Waals surface area (Å²) in [6, 6.07) is 8.93. The first-order valence-corrected chi connectivity index (χ1v) is 12.5. The largest absolute Gasteiger partial charge is 0.481 e. The van der Waals surface area contributed by atoms with Gasteiger partial charge in [0.05, 0.1) is 43.1 Å². The lowest BCUT2D eigenvalue weighted by Crippen LogP contribution is -2.49. The predicted molar refractivity (Wildman–Crippen MR) is 137 cm³/mol. The minimum atomic E-state index is -0.884. The number of halogens is 2. The highest BCUT2D eigenvalue weighted by Gasteiger charge is 2.32. The van der Waals surface area contributed by atoms with E-state index in [2.05, 4.69) is 15.3 Å². The Kier molecular flexibility index (Phi) is 9.51. The first kappa shape index (κ1) is 27.1. The molecule has 4 rings (SSSR count). The number of aliphatic hydroxyl groups is 2. The number of ether oxygens (including phenoxy) is 2. The Morgan fingerprint density at radius 1 is 1.22 bits per heavy atom. The van der Waals surface area contributed by atoms with Gasteiger partial charge in [0.2, 0.25) is 5.88 Å². The number of aryl methyl sites for hydroxylation is 1. The highest BCUT2D eigenvalue weighted by Crippen LogP contribution is 2.27. The third kappa shape index (κ3) is 7.29. The zero-order valence-corrected chi connectivity index (χ0v) is 20.8. The van der Waals surface area contributed by atoms with Crippen molar-refractivity contribution in [2.75, 3.05) is 20.3 Å². The van der Waals surface area contributed by atoms with E-state index in [1.807, 2.05) is 12.1 Å². The SMILES string of the molecule is COc1ccc2nccc(CC[C@@H]3CC[C@@H](NCC=Cc4cc(F)ccc4F)[C@@H](CC(O)CO)O3)c2n1. The molecular weight excluding hydrogens is 480 g/mol. The first-order chi connectivity index (χ1) is 18.0. The van der Waals surface area contributed by atoms with Crippen molar-refractivity contribution < 1.29 is 28.5 Å². The van der Waals surface area contributed by atoms with Gasteiger partial charge >= 0.3 is 0 Å². The van der Waals surface area contributed by atoms with Crippen molar-refractivity contribution in [1.29, 1.82) is 0 Å². The average molecular weight is 514 g/mol. The molecule has 0 spiro atoms. The minimum absolute atomic E-state index is 0.0142. The number of rotatable bonds is 11. The molecule has 1 saturated heterocycles. The Balaban J connectivity index is 1.36.